The number of nitrogens with two attached hydrogens (primary N) is 1. The van der Waals surface area contributed by atoms with Crippen LogP contribution < -0.4 is 16.0 Å². The first kappa shape index (κ1) is 22.5. The van der Waals surface area contributed by atoms with Gasteiger partial charge in [-0.05, 0) is 58.6 Å². The van der Waals surface area contributed by atoms with E-state index in [1.54, 1.807) is 24.4 Å². The summed E-state index contributed by atoms with van der Waals surface area (Å²) in [6.07, 6.45) is 6.99. The number of nitrogens with zero attached hydrogens (tertiary/aromatic N) is 3. The van der Waals surface area contributed by atoms with E-state index in [0.29, 0.717) is 37.5 Å². The van der Waals surface area contributed by atoms with Gasteiger partial charge in [0, 0.05) is 5.92 Å². The number of hydrogen-bond acceptors (Lipinski definition) is 5. The largest absolute Gasteiger partial charge is 0.481 e. The van der Waals surface area contributed by atoms with Gasteiger partial charge in [-0.2, -0.15) is 9.78 Å². The minimum absolute atomic E-state index is 0.193. The molecule has 1 heterocycles. The van der Waals surface area contributed by atoms with Crippen molar-refractivity contribution in [3.63, 3.8) is 0 Å². The molecule has 2 aromatic carbocycles. The Morgan fingerprint density at radius 2 is 2.03 bits per heavy atom. The van der Waals surface area contributed by atoms with Crippen molar-refractivity contribution in [3.8, 4) is 5.75 Å². The van der Waals surface area contributed by atoms with Gasteiger partial charge in [0.2, 0.25) is 0 Å². The molecule has 0 saturated heterocycles. The molecule has 1 amide bonds. The molecule has 4 rings (SSSR count). The monoisotopic (exact) mass is 516 g/mol. The second-order valence-electron chi connectivity index (χ2n) is 7.75. The van der Waals surface area contributed by atoms with Crippen molar-refractivity contribution in [1.29, 1.82) is 0 Å². The zero-order valence-corrected chi connectivity index (χ0v) is 19.6. The van der Waals surface area contributed by atoms with Crippen molar-refractivity contribution in [2.24, 2.45) is 10.8 Å². The highest BCUT2D eigenvalue weighted by Gasteiger charge is 2.22. The standard InChI is InChI=1S/C23H22BrClN4O3/c24-17-10-14(11-18(25)21(17)32-13-20(26)30)12-27-29-22(15-6-2-1-3-7-15)28-19-9-5-4-8-16(19)23(29)31/h4-5,8-12,15H,1-3,6-7,13H2,(H2,26,30). The van der Waals surface area contributed by atoms with Gasteiger partial charge in [0.15, 0.2) is 12.4 Å². The molecule has 32 heavy (non-hydrogen) atoms. The summed E-state index contributed by atoms with van der Waals surface area (Å²) in [6.45, 7) is -0.283. The molecule has 3 aromatic rings. The van der Waals surface area contributed by atoms with E-state index in [-0.39, 0.29) is 18.1 Å². The number of primary amides is 1. The van der Waals surface area contributed by atoms with Crippen LogP contribution in [0.3, 0.4) is 0 Å². The van der Waals surface area contributed by atoms with Crippen LogP contribution >= 0.6 is 27.5 Å². The molecular formula is C23H22BrClN4O3. The Balaban J connectivity index is 1.74. The van der Waals surface area contributed by atoms with E-state index in [0.717, 1.165) is 25.7 Å². The fourth-order valence-electron chi connectivity index (χ4n) is 3.94. The number of amides is 1. The molecular weight excluding hydrogens is 496 g/mol. The van der Waals surface area contributed by atoms with Crippen molar-refractivity contribution in [2.75, 3.05) is 6.61 Å². The number of fused-ring (bicyclic) bond motifs is 1. The molecule has 9 heteroatoms. The van der Waals surface area contributed by atoms with Crippen LogP contribution in [0.25, 0.3) is 10.9 Å². The predicted octanol–water partition coefficient (Wildman–Crippen LogP) is 4.61. The van der Waals surface area contributed by atoms with Gasteiger partial charge in [0.05, 0.1) is 26.6 Å². The second-order valence-corrected chi connectivity index (χ2v) is 9.01. The summed E-state index contributed by atoms with van der Waals surface area (Å²) in [7, 11) is 0. The summed E-state index contributed by atoms with van der Waals surface area (Å²) in [5, 5.41) is 5.33. The van der Waals surface area contributed by atoms with Crippen LogP contribution in [0.4, 0.5) is 0 Å². The maximum Gasteiger partial charge on any atom is 0.282 e. The lowest BCUT2D eigenvalue weighted by Gasteiger charge is -2.22. The van der Waals surface area contributed by atoms with Gasteiger partial charge in [-0.3, -0.25) is 9.59 Å². The van der Waals surface area contributed by atoms with Crippen molar-refractivity contribution in [2.45, 2.75) is 38.0 Å². The average Bonchev–Trinajstić information content (AvgIpc) is 2.78. The number of aromatic nitrogens is 2. The van der Waals surface area contributed by atoms with Crippen LogP contribution in [0.2, 0.25) is 5.02 Å². The number of ether oxygens (including phenoxy) is 1. The lowest BCUT2D eigenvalue weighted by molar-refractivity contribution is -0.119. The van der Waals surface area contributed by atoms with E-state index in [1.165, 1.54) is 11.1 Å². The first-order chi connectivity index (χ1) is 15.4. The van der Waals surface area contributed by atoms with Crippen LogP contribution in [0, 0.1) is 0 Å². The third-order valence-electron chi connectivity index (χ3n) is 5.45. The Bertz CT molecular complexity index is 1230. The fourth-order valence-corrected chi connectivity index (χ4v) is 4.93. The van der Waals surface area contributed by atoms with Gasteiger partial charge in [0.25, 0.3) is 11.5 Å². The van der Waals surface area contributed by atoms with Crippen LogP contribution in [-0.2, 0) is 4.79 Å². The van der Waals surface area contributed by atoms with Gasteiger partial charge in [-0.15, -0.1) is 0 Å². The quantitative estimate of drug-likeness (QED) is 0.483. The number of carbonyl (C=O) groups excluding carboxylic acids is 1. The molecule has 166 valence electrons. The highest BCUT2D eigenvalue weighted by Crippen LogP contribution is 2.34. The van der Waals surface area contributed by atoms with Crippen molar-refractivity contribution < 1.29 is 9.53 Å². The SMILES string of the molecule is NC(=O)COc1c(Cl)cc(C=Nn2c(C3CCCCC3)nc3ccccc3c2=O)cc1Br. The van der Waals surface area contributed by atoms with Gasteiger partial charge in [-0.25, -0.2) is 4.98 Å². The Kier molecular flexibility index (Phi) is 6.91. The van der Waals surface area contributed by atoms with Gasteiger partial charge in [-0.1, -0.05) is 43.0 Å². The average molecular weight is 518 g/mol. The molecule has 0 atom stereocenters. The number of para-hydroxylation sites is 1. The Hall–Kier alpha value is -2.71. The summed E-state index contributed by atoms with van der Waals surface area (Å²) in [4.78, 5) is 29.1. The molecule has 0 bridgehead atoms. The number of benzene rings is 2. The zero-order valence-electron chi connectivity index (χ0n) is 17.3. The van der Waals surface area contributed by atoms with E-state index in [1.807, 2.05) is 18.2 Å². The van der Waals surface area contributed by atoms with E-state index in [4.69, 9.17) is 27.1 Å². The number of halogens is 2. The second kappa shape index (κ2) is 9.83. The number of carbonyl (C=O) groups is 1. The van der Waals surface area contributed by atoms with Crippen LogP contribution in [-0.4, -0.2) is 28.4 Å². The van der Waals surface area contributed by atoms with Crippen LogP contribution in [0.1, 0.15) is 49.4 Å². The molecule has 0 spiro atoms. The lowest BCUT2D eigenvalue weighted by Crippen LogP contribution is -2.25. The maximum atomic E-state index is 13.3. The normalized spacial score (nSPS) is 14.8. The molecule has 2 N–H and O–H groups in total. The molecule has 1 aliphatic rings. The first-order valence-electron chi connectivity index (χ1n) is 10.4. The third-order valence-corrected chi connectivity index (χ3v) is 6.32. The smallest absolute Gasteiger partial charge is 0.282 e. The number of hydrogen-bond donors (Lipinski definition) is 1. The van der Waals surface area contributed by atoms with Crippen LogP contribution in [0.15, 0.2) is 50.8 Å². The van der Waals surface area contributed by atoms with Crippen molar-refractivity contribution in [3.05, 3.63) is 67.6 Å². The zero-order chi connectivity index (χ0) is 22.7. The molecule has 1 saturated carbocycles. The molecule has 0 unspecified atom stereocenters. The summed E-state index contributed by atoms with van der Waals surface area (Å²) in [6, 6.07) is 10.7. The molecule has 1 aromatic heterocycles. The minimum Gasteiger partial charge on any atom is -0.481 e. The number of rotatable bonds is 6. The molecule has 0 aliphatic heterocycles. The maximum absolute atomic E-state index is 13.3. The Morgan fingerprint density at radius 3 is 2.75 bits per heavy atom. The first-order valence-corrected chi connectivity index (χ1v) is 11.6. The third kappa shape index (κ3) is 4.86. The topological polar surface area (TPSA) is 99.6 Å². The molecule has 1 aliphatic carbocycles. The van der Waals surface area contributed by atoms with Gasteiger partial charge >= 0.3 is 0 Å². The summed E-state index contributed by atoms with van der Waals surface area (Å²) < 4.78 is 7.31. The highest BCUT2D eigenvalue weighted by molar-refractivity contribution is 9.10. The van der Waals surface area contributed by atoms with E-state index in [2.05, 4.69) is 21.0 Å². The molecule has 7 nitrogen and oxygen atoms in total. The molecule has 1 fully saturated rings. The van der Waals surface area contributed by atoms with Gasteiger partial charge < -0.3 is 10.5 Å². The van der Waals surface area contributed by atoms with Gasteiger partial charge in [0.1, 0.15) is 5.82 Å². The lowest BCUT2D eigenvalue weighted by atomic mass is 9.88. The Labute approximate surface area is 198 Å². The van der Waals surface area contributed by atoms with E-state index in [9.17, 15) is 9.59 Å². The highest BCUT2D eigenvalue weighted by atomic mass is 79.9. The summed E-state index contributed by atoms with van der Waals surface area (Å²) >= 11 is 9.71. The Morgan fingerprint density at radius 1 is 1.28 bits per heavy atom. The predicted molar refractivity (Wildman–Crippen MR) is 129 cm³/mol. The van der Waals surface area contributed by atoms with E-state index < -0.39 is 5.91 Å². The minimum atomic E-state index is -0.600. The summed E-state index contributed by atoms with van der Waals surface area (Å²) in [5.41, 5.74) is 6.28. The van der Waals surface area contributed by atoms with Crippen molar-refractivity contribution in [1.82, 2.24) is 9.66 Å². The summed E-state index contributed by atoms with van der Waals surface area (Å²) in [5.74, 6) is 0.599. The van der Waals surface area contributed by atoms with Crippen LogP contribution in [0.5, 0.6) is 5.75 Å². The van der Waals surface area contributed by atoms with E-state index >= 15 is 0 Å². The molecule has 0 radical (unpaired) electrons. The van der Waals surface area contributed by atoms with Crippen molar-refractivity contribution >= 4 is 50.6 Å². The fraction of sp³-hybridized carbons (Fsp3) is 0.304.